The maximum absolute atomic E-state index is 14.4. The second-order valence-electron chi connectivity index (χ2n) is 7.27. The second kappa shape index (κ2) is 8.28. The zero-order chi connectivity index (χ0) is 21.4. The van der Waals surface area contributed by atoms with Crippen molar-refractivity contribution in [2.24, 2.45) is 0 Å². The molecule has 0 spiro atoms. The van der Waals surface area contributed by atoms with Crippen molar-refractivity contribution < 1.29 is 13.7 Å². The van der Waals surface area contributed by atoms with E-state index in [1.54, 1.807) is 17.9 Å². The van der Waals surface area contributed by atoms with Gasteiger partial charge in [-0.1, -0.05) is 40.5 Å². The fraction of sp³-hybridized carbons (Fsp3) is 0.273. The van der Waals surface area contributed by atoms with Crippen molar-refractivity contribution in [3.05, 3.63) is 69.1 Å². The summed E-state index contributed by atoms with van der Waals surface area (Å²) < 4.78 is 19.7. The van der Waals surface area contributed by atoms with Crippen molar-refractivity contribution >= 4 is 34.8 Å². The van der Waals surface area contributed by atoms with Crippen molar-refractivity contribution in [1.29, 1.82) is 0 Å². The highest BCUT2D eigenvalue weighted by atomic mass is 35.5. The summed E-state index contributed by atoms with van der Waals surface area (Å²) in [7, 11) is 0. The van der Waals surface area contributed by atoms with Crippen LogP contribution in [0.25, 0.3) is 11.3 Å². The van der Waals surface area contributed by atoms with Gasteiger partial charge in [-0.2, -0.15) is 0 Å². The standard InChI is InChI=1S/C22H20Cl2FN3O2/c1-13-6-7-15(23)12-18(13)27-8-10-28(11-9-27)22(29)19-14(2)30-26-21(19)20-16(24)4-3-5-17(20)25/h3-7,12H,8-11H2,1-2H3. The van der Waals surface area contributed by atoms with Crippen molar-refractivity contribution in [2.75, 3.05) is 31.1 Å². The largest absolute Gasteiger partial charge is 0.368 e. The van der Waals surface area contributed by atoms with Crippen LogP contribution in [0.1, 0.15) is 21.7 Å². The summed E-state index contributed by atoms with van der Waals surface area (Å²) in [6.07, 6.45) is 0. The Morgan fingerprint density at radius 1 is 1.10 bits per heavy atom. The number of halogens is 3. The Bertz CT molecular complexity index is 1090. The van der Waals surface area contributed by atoms with E-state index in [4.69, 9.17) is 27.7 Å². The number of rotatable bonds is 3. The molecule has 0 aliphatic carbocycles. The Labute approximate surface area is 184 Å². The number of hydrogen-bond donors (Lipinski definition) is 0. The van der Waals surface area contributed by atoms with Gasteiger partial charge in [0.1, 0.15) is 22.8 Å². The predicted octanol–water partition coefficient (Wildman–Crippen LogP) is 5.37. The molecule has 30 heavy (non-hydrogen) atoms. The van der Waals surface area contributed by atoms with Crippen LogP contribution in [0.15, 0.2) is 40.9 Å². The molecule has 156 valence electrons. The van der Waals surface area contributed by atoms with E-state index in [2.05, 4.69) is 10.1 Å². The maximum Gasteiger partial charge on any atom is 0.259 e. The van der Waals surface area contributed by atoms with E-state index in [9.17, 15) is 9.18 Å². The molecule has 1 aliphatic rings. The van der Waals surface area contributed by atoms with Gasteiger partial charge in [-0.3, -0.25) is 4.79 Å². The van der Waals surface area contributed by atoms with Gasteiger partial charge >= 0.3 is 0 Å². The zero-order valence-corrected chi connectivity index (χ0v) is 18.1. The molecule has 3 aromatic rings. The zero-order valence-electron chi connectivity index (χ0n) is 16.6. The molecule has 1 aliphatic heterocycles. The molecular weight excluding hydrogens is 428 g/mol. The number of nitrogens with zero attached hydrogens (tertiary/aromatic N) is 3. The molecule has 5 nitrogen and oxygen atoms in total. The van der Waals surface area contributed by atoms with Crippen molar-refractivity contribution in [1.82, 2.24) is 10.1 Å². The Morgan fingerprint density at radius 2 is 1.83 bits per heavy atom. The molecule has 0 N–H and O–H groups in total. The summed E-state index contributed by atoms with van der Waals surface area (Å²) >= 11 is 12.3. The number of amides is 1. The van der Waals surface area contributed by atoms with Gasteiger partial charge in [0.2, 0.25) is 0 Å². The maximum atomic E-state index is 14.4. The molecule has 1 aromatic heterocycles. The Morgan fingerprint density at radius 3 is 2.53 bits per heavy atom. The molecule has 1 fully saturated rings. The fourth-order valence-electron chi connectivity index (χ4n) is 3.75. The highest BCUT2D eigenvalue weighted by Crippen LogP contribution is 2.34. The minimum absolute atomic E-state index is 0.0764. The average Bonchev–Trinajstić information content (AvgIpc) is 3.10. The van der Waals surface area contributed by atoms with Crippen LogP contribution in [0.3, 0.4) is 0 Å². The summed E-state index contributed by atoms with van der Waals surface area (Å²) in [4.78, 5) is 17.2. The first kappa shape index (κ1) is 20.7. The van der Waals surface area contributed by atoms with Crippen molar-refractivity contribution in [3.63, 3.8) is 0 Å². The van der Waals surface area contributed by atoms with Gasteiger partial charge in [0, 0.05) is 36.9 Å². The number of aryl methyl sites for hydroxylation is 2. The summed E-state index contributed by atoms with van der Waals surface area (Å²) in [5.41, 5.74) is 2.65. The molecule has 1 saturated heterocycles. The lowest BCUT2D eigenvalue weighted by molar-refractivity contribution is 0.0745. The van der Waals surface area contributed by atoms with Crippen LogP contribution in [0.2, 0.25) is 10.0 Å². The summed E-state index contributed by atoms with van der Waals surface area (Å²) in [5, 5.41) is 4.80. The molecular formula is C22H20Cl2FN3O2. The number of hydrogen-bond acceptors (Lipinski definition) is 4. The van der Waals surface area contributed by atoms with Crippen molar-refractivity contribution in [3.8, 4) is 11.3 Å². The van der Waals surface area contributed by atoms with Gasteiger partial charge in [0.25, 0.3) is 5.91 Å². The SMILES string of the molecule is Cc1ccc(Cl)cc1N1CCN(C(=O)c2c(-c3c(F)cccc3Cl)noc2C)CC1. The molecule has 2 aromatic carbocycles. The topological polar surface area (TPSA) is 49.6 Å². The van der Waals surface area contributed by atoms with E-state index in [-0.39, 0.29) is 27.8 Å². The first-order chi connectivity index (χ1) is 14.4. The molecule has 2 heterocycles. The number of piperazine rings is 1. The lowest BCUT2D eigenvalue weighted by Gasteiger charge is -2.37. The Balaban J connectivity index is 1.57. The fourth-order valence-corrected chi connectivity index (χ4v) is 4.17. The highest BCUT2D eigenvalue weighted by molar-refractivity contribution is 6.33. The van der Waals surface area contributed by atoms with Gasteiger partial charge in [-0.15, -0.1) is 0 Å². The third kappa shape index (κ3) is 3.77. The number of carbonyl (C=O) groups is 1. The van der Waals surface area contributed by atoms with Crippen LogP contribution >= 0.6 is 23.2 Å². The third-order valence-electron chi connectivity index (χ3n) is 5.35. The molecule has 0 bridgehead atoms. The first-order valence-electron chi connectivity index (χ1n) is 9.58. The smallest absolute Gasteiger partial charge is 0.259 e. The van der Waals surface area contributed by atoms with E-state index in [0.29, 0.717) is 37.0 Å². The summed E-state index contributed by atoms with van der Waals surface area (Å²) in [5.74, 6) is -0.459. The monoisotopic (exact) mass is 447 g/mol. The van der Waals surface area contributed by atoms with Crippen LogP contribution in [0.4, 0.5) is 10.1 Å². The third-order valence-corrected chi connectivity index (χ3v) is 5.90. The number of carbonyl (C=O) groups excluding carboxylic acids is 1. The summed E-state index contributed by atoms with van der Waals surface area (Å²) in [6, 6.07) is 10.1. The average molecular weight is 448 g/mol. The van der Waals surface area contributed by atoms with Crippen LogP contribution < -0.4 is 4.90 Å². The normalized spacial score (nSPS) is 14.3. The minimum atomic E-state index is -0.550. The van der Waals surface area contributed by atoms with Gasteiger partial charge < -0.3 is 14.3 Å². The van der Waals surface area contributed by atoms with E-state index in [1.807, 2.05) is 25.1 Å². The first-order valence-corrected chi connectivity index (χ1v) is 10.3. The molecule has 0 unspecified atom stereocenters. The number of anilines is 1. The molecule has 0 radical (unpaired) electrons. The molecule has 0 saturated carbocycles. The van der Waals surface area contributed by atoms with Gasteiger partial charge in [-0.25, -0.2) is 4.39 Å². The van der Waals surface area contributed by atoms with Gasteiger partial charge in [-0.05, 0) is 43.7 Å². The van der Waals surface area contributed by atoms with Crippen LogP contribution in [0, 0.1) is 19.7 Å². The molecule has 1 amide bonds. The second-order valence-corrected chi connectivity index (χ2v) is 8.11. The van der Waals surface area contributed by atoms with E-state index in [0.717, 1.165) is 11.3 Å². The number of benzene rings is 2. The predicted molar refractivity (Wildman–Crippen MR) is 116 cm³/mol. The quantitative estimate of drug-likeness (QED) is 0.541. The van der Waals surface area contributed by atoms with E-state index >= 15 is 0 Å². The Hall–Kier alpha value is -2.57. The number of aromatic nitrogens is 1. The lowest BCUT2D eigenvalue weighted by atomic mass is 10.0. The van der Waals surface area contributed by atoms with Gasteiger partial charge in [0.15, 0.2) is 0 Å². The van der Waals surface area contributed by atoms with Crippen molar-refractivity contribution in [2.45, 2.75) is 13.8 Å². The molecule has 8 heteroatoms. The lowest BCUT2D eigenvalue weighted by Crippen LogP contribution is -2.49. The minimum Gasteiger partial charge on any atom is -0.368 e. The van der Waals surface area contributed by atoms with E-state index in [1.165, 1.54) is 12.1 Å². The van der Waals surface area contributed by atoms with Crippen LogP contribution in [-0.2, 0) is 0 Å². The molecule has 4 rings (SSSR count). The van der Waals surface area contributed by atoms with Crippen LogP contribution in [-0.4, -0.2) is 42.1 Å². The Kier molecular flexibility index (Phi) is 5.71. The van der Waals surface area contributed by atoms with Crippen LogP contribution in [0.5, 0.6) is 0 Å². The summed E-state index contributed by atoms with van der Waals surface area (Å²) in [6.45, 7) is 6.03. The van der Waals surface area contributed by atoms with E-state index < -0.39 is 5.82 Å². The highest BCUT2D eigenvalue weighted by Gasteiger charge is 2.30. The molecule has 0 atom stereocenters. The van der Waals surface area contributed by atoms with Gasteiger partial charge in [0.05, 0.1) is 10.6 Å².